The Morgan fingerprint density at radius 3 is 2.73 bits per heavy atom. The SMILES string of the molecule is N#C[C@@]1(c2ccc(Br)cn2)[C@@H]2CSC[C@@H]21. The molecule has 0 amide bonds. The molecule has 1 saturated heterocycles. The van der Waals surface area contributed by atoms with Crippen molar-refractivity contribution in [2.24, 2.45) is 11.8 Å². The number of pyridine rings is 1. The van der Waals surface area contributed by atoms with Crippen LogP contribution in [-0.4, -0.2) is 16.5 Å². The van der Waals surface area contributed by atoms with Crippen LogP contribution in [0.25, 0.3) is 0 Å². The Hall–Kier alpha value is -0.530. The molecule has 3 atom stereocenters. The monoisotopic (exact) mass is 280 g/mol. The molecular weight excluding hydrogens is 272 g/mol. The van der Waals surface area contributed by atoms with Crippen LogP contribution in [0.2, 0.25) is 0 Å². The topological polar surface area (TPSA) is 36.7 Å². The van der Waals surface area contributed by atoms with Crippen molar-refractivity contribution in [2.75, 3.05) is 11.5 Å². The molecule has 76 valence electrons. The van der Waals surface area contributed by atoms with Crippen molar-refractivity contribution in [1.82, 2.24) is 4.98 Å². The summed E-state index contributed by atoms with van der Waals surface area (Å²) in [7, 11) is 0. The van der Waals surface area contributed by atoms with Gasteiger partial charge < -0.3 is 0 Å². The third-order valence-electron chi connectivity index (χ3n) is 3.48. The first kappa shape index (κ1) is 9.68. The summed E-state index contributed by atoms with van der Waals surface area (Å²) in [5, 5.41) is 9.37. The van der Waals surface area contributed by atoms with E-state index in [9.17, 15) is 5.26 Å². The molecule has 0 bridgehead atoms. The molecule has 1 aliphatic carbocycles. The van der Waals surface area contributed by atoms with E-state index in [-0.39, 0.29) is 5.41 Å². The van der Waals surface area contributed by atoms with Gasteiger partial charge >= 0.3 is 0 Å². The summed E-state index contributed by atoms with van der Waals surface area (Å²) >= 11 is 5.33. The molecule has 3 rings (SSSR count). The Kier molecular flexibility index (Phi) is 2.08. The van der Waals surface area contributed by atoms with Crippen LogP contribution in [0.3, 0.4) is 0 Å². The van der Waals surface area contributed by atoms with Crippen LogP contribution in [0, 0.1) is 23.2 Å². The number of thioether (sulfide) groups is 1. The summed E-state index contributed by atoms with van der Waals surface area (Å²) in [5.74, 6) is 3.33. The van der Waals surface area contributed by atoms with E-state index in [1.807, 2.05) is 23.9 Å². The molecule has 2 heterocycles. The van der Waals surface area contributed by atoms with Crippen molar-refractivity contribution >= 4 is 27.7 Å². The highest BCUT2D eigenvalue weighted by molar-refractivity contribution is 9.10. The summed E-state index contributed by atoms with van der Waals surface area (Å²) in [6, 6.07) is 6.46. The van der Waals surface area contributed by atoms with Gasteiger partial charge in [-0.3, -0.25) is 4.98 Å². The molecule has 0 spiro atoms. The fourth-order valence-corrected chi connectivity index (χ4v) is 4.45. The molecule has 4 heteroatoms. The van der Waals surface area contributed by atoms with Crippen molar-refractivity contribution in [1.29, 1.82) is 5.26 Å². The minimum atomic E-state index is -0.258. The molecule has 1 aromatic heterocycles. The Balaban J connectivity index is 2.00. The molecule has 0 radical (unpaired) electrons. The molecule has 0 unspecified atom stereocenters. The van der Waals surface area contributed by atoms with Gasteiger partial charge in [-0.15, -0.1) is 0 Å². The maximum atomic E-state index is 9.37. The van der Waals surface area contributed by atoms with Gasteiger partial charge in [0.05, 0.1) is 11.8 Å². The van der Waals surface area contributed by atoms with Crippen molar-refractivity contribution in [3.8, 4) is 6.07 Å². The average molecular weight is 281 g/mol. The minimum Gasteiger partial charge on any atom is -0.258 e. The molecule has 0 N–H and O–H groups in total. The van der Waals surface area contributed by atoms with Gasteiger partial charge in [-0.1, -0.05) is 0 Å². The van der Waals surface area contributed by atoms with Gasteiger partial charge in [0.1, 0.15) is 5.41 Å². The highest BCUT2D eigenvalue weighted by Crippen LogP contribution is 2.65. The zero-order chi connectivity index (χ0) is 10.5. The normalized spacial score (nSPS) is 37.1. The van der Waals surface area contributed by atoms with Crippen molar-refractivity contribution in [2.45, 2.75) is 5.41 Å². The van der Waals surface area contributed by atoms with Crippen LogP contribution in [0.5, 0.6) is 0 Å². The number of nitrogens with zero attached hydrogens (tertiary/aromatic N) is 2. The summed E-state index contributed by atoms with van der Waals surface area (Å²) in [6.45, 7) is 0. The summed E-state index contributed by atoms with van der Waals surface area (Å²) < 4.78 is 0.972. The number of aromatic nitrogens is 1. The molecule has 1 saturated carbocycles. The number of halogens is 1. The molecule has 2 aliphatic rings. The Labute approximate surface area is 101 Å². The summed E-state index contributed by atoms with van der Waals surface area (Å²) in [5.41, 5.74) is 0.704. The van der Waals surface area contributed by atoms with E-state index in [0.29, 0.717) is 11.8 Å². The zero-order valence-corrected chi connectivity index (χ0v) is 10.4. The number of rotatable bonds is 1. The lowest BCUT2D eigenvalue weighted by Gasteiger charge is -2.11. The zero-order valence-electron chi connectivity index (χ0n) is 7.98. The third kappa shape index (κ3) is 1.20. The quantitative estimate of drug-likeness (QED) is 0.794. The van der Waals surface area contributed by atoms with Gasteiger partial charge in [0.25, 0.3) is 0 Å². The van der Waals surface area contributed by atoms with Gasteiger partial charge in [-0.25, -0.2) is 0 Å². The van der Waals surface area contributed by atoms with Gasteiger partial charge in [0.15, 0.2) is 0 Å². The van der Waals surface area contributed by atoms with Crippen LogP contribution in [0.1, 0.15) is 5.69 Å². The van der Waals surface area contributed by atoms with Gasteiger partial charge in [0, 0.05) is 10.7 Å². The van der Waals surface area contributed by atoms with Crippen LogP contribution in [0.15, 0.2) is 22.8 Å². The van der Waals surface area contributed by atoms with Crippen LogP contribution in [-0.2, 0) is 5.41 Å². The third-order valence-corrected chi connectivity index (χ3v) is 5.14. The predicted octanol–water partition coefficient (Wildman–Crippen LogP) is 2.60. The second-order valence-electron chi connectivity index (χ2n) is 4.09. The molecule has 15 heavy (non-hydrogen) atoms. The summed E-state index contributed by atoms with van der Waals surface area (Å²) in [4.78, 5) is 4.39. The molecule has 1 aliphatic heterocycles. The smallest absolute Gasteiger partial charge is 0.107 e. The van der Waals surface area contributed by atoms with Crippen molar-refractivity contribution in [3.05, 3.63) is 28.5 Å². The largest absolute Gasteiger partial charge is 0.258 e. The first-order valence-electron chi connectivity index (χ1n) is 4.90. The highest BCUT2D eigenvalue weighted by Gasteiger charge is 2.69. The van der Waals surface area contributed by atoms with E-state index in [4.69, 9.17) is 0 Å². The van der Waals surface area contributed by atoms with Crippen molar-refractivity contribution in [3.63, 3.8) is 0 Å². The van der Waals surface area contributed by atoms with E-state index < -0.39 is 0 Å². The maximum absolute atomic E-state index is 9.37. The minimum absolute atomic E-state index is 0.258. The fraction of sp³-hybridized carbons (Fsp3) is 0.455. The lowest BCUT2D eigenvalue weighted by molar-refractivity contribution is 0.743. The average Bonchev–Trinajstić information content (AvgIpc) is 2.65. The Morgan fingerprint density at radius 2 is 2.20 bits per heavy atom. The van der Waals surface area contributed by atoms with Crippen molar-refractivity contribution < 1.29 is 0 Å². The lowest BCUT2D eigenvalue weighted by atomic mass is 9.99. The molecule has 0 aromatic carbocycles. The van der Waals surface area contributed by atoms with Crippen LogP contribution < -0.4 is 0 Å². The highest BCUT2D eigenvalue weighted by atomic mass is 79.9. The standard InChI is InChI=1S/C11H9BrN2S/c12-7-1-2-10(14-3-7)11(6-13)8-4-15-5-9(8)11/h1-3,8-9H,4-5H2/t8-,9+,11-. The predicted molar refractivity (Wildman–Crippen MR) is 63.5 cm³/mol. The fourth-order valence-electron chi connectivity index (χ4n) is 2.58. The van der Waals surface area contributed by atoms with E-state index >= 15 is 0 Å². The van der Waals surface area contributed by atoms with Gasteiger partial charge in [-0.05, 0) is 51.4 Å². The molecular formula is C11H9BrN2S. The Bertz CT molecular complexity index is 427. The number of fused-ring (bicyclic) bond motifs is 1. The van der Waals surface area contributed by atoms with E-state index in [0.717, 1.165) is 21.7 Å². The maximum Gasteiger partial charge on any atom is 0.107 e. The number of nitriles is 1. The van der Waals surface area contributed by atoms with Crippen LogP contribution >= 0.6 is 27.7 Å². The second-order valence-corrected chi connectivity index (χ2v) is 6.08. The van der Waals surface area contributed by atoms with Crippen LogP contribution in [0.4, 0.5) is 0 Å². The first-order chi connectivity index (χ1) is 7.29. The Morgan fingerprint density at radius 1 is 1.47 bits per heavy atom. The van der Waals surface area contributed by atoms with E-state index in [1.165, 1.54) is 0 Å². The summed E-state index contributed by atoms with van der Waals surface area (Å²) in [6.07, 6.45) is 1.79. The molecule has 2 fully saturated rings. The van der Waals surface area contributed by atoms with Gasteiger partial charge in [-0.2, -0.15) is 17.0 Å². The number of hydrogen-bond acceptors (Lipinski definition) is 3. The first-order valence-corrected chi connectivity index (χ1v) is 6.85. The van der Waals surface area contributed by atoms with Gasteiger partial charge in [0.2, 0.25) is 0 Å². The second kappa shape index (κ2) is 3.23. The lowest BCUT2D eigenvalue weighted by Crippen LogP contribution is -2.14. The molecule has 2 nitrogen and oxygen atoms in total. The van der Waals surface area contributed by atoms with E-state index in [2.05, 4.69) is 27.0 Å². The molecule has 1 aromatic rings. The van der Waals surface area contributed by atoms with E-state index in [1.54, 1.807) is 6.20 Å². The number of hydrogen-bond donors (Lipinski definition) is 0.